The summed E-state index contributed by atoms with van der Waals surface area (Å²) in [6, 6.07) is 5.32. The summed E-state index contributed by atoms with van der Waals surface area (Å²) in [7, 11) is 3.10. The van der Waals surface area contributed by atoms with Crippen LogP contribution in [0.2, 0.25) is 0 Å². The molecule has 1 aromatic rings. The van der Waals surface area contributed by atoms with Crippen LogP contribution in [-0.2, 0) is 6.42 Å². The van der Waals surface area contributed by atoms with E-state index in [0.717, 1.165) is 5.56 Å². The molecule has 0 bridgehead atoms. The van der Waals surface area contributed by atoms with E-state index in [0.29, 0.717) is 17.9 Å². The highest BCUT2D eigenvalue weighted by Gasteiger charge is 2.27. The first kappa shape index (κ1) is 16.7. The lowest BCUT2D eigenvalue weighted by Crippen LogP contribution is -2.40. The molecule has 6 heteroatoms. The number of benzene rings is 1. The molecule has 0 aliphatic heterocycles. The molecule has 0 aromatic heterocycles. The van der Waals surface area contributed by atoms with E-state index in [4.69, 9.17) is 14.6 Å². The Morgan fingerprint density at radius 1 is 1.25 bits per heavy atom. The van der Waals surface area contributed by atoms with Gasteiger partial charge in [0, 0.05) is 6.04 Å². The predicted octanol–water partition coefficient (Wildman–Crippen LogP) is 1.85. The van der Waals surface area contributed by atoms with Gasteiger partial charge in [0.25, 0.3) is 5.92 Å². The van der Waals surface area contributed by atoms with Gasteiger partial charge in [-0.3, -0.25) is 0 Å². The van der Waals surface area contributed by atoms with Gasteiger partial charge in [0.2, 0.25) is 0 Å². The number of aliphatic hydroxyl groups is 1. The molecule has 0 radical (unpaired) electrons. The zero-order chi connectivity index (χ0) is 15.2. The zero-order valence-corrected chi connectivity index (χ0v) is 12.0. The summed E-state index contributed by atoms with van der Waals surface area (Å²) in [5.41, 5.74) is 0.954. The number of hydrogen-bond donors (Lipinski definition) is 2. The first-order valence-electron chi connectivity index (χ1n) is 6.35. The molecule has 114 valence electrons. The Morgan fingerprint density at radius 3 is 2.45 bits per heavy atom. The molecule has 0 heterocycles. The Balaban J connectivity index is 2.60. The third-order valence-electron chi connectivity index (χ3n) is 2.93. The van der Waals surface area contributed by atoms with Crippen LogP contribution < -0.4 is 14.8 Å². The van der Waals surface area contributed by atoms with Crippen LogP contribution in [0.1, 0.15) is 12.5 Å². The van der Waals surface area contributed by atoms with Crippen molar-refractivity contribution in [1.29, 1.82) is 0 Å². The van der Waals surface area contributed by atoms with Gasteiger partial charge in [-0.15, -0.1) is 0 Å². The van der Waals surface area contributed by atoms with Crippen LogP contribution in [0.4, 0.5) is 8.78 Å². The third kappa shape index (κ3) is 4.94. The molecule has 1 atom stereocenters. The molecule has 0 saturated heterocycles. The fraction of sp³-hybridized carbons (Fsp3) is 0.571. The summed E-state index contributed by atoms with van der Waals surface area (Å²) >= 11 is 0. The molecule has 1 aromatic carbocycles. The van der Waals surface area contributed by atoms with Crippen molar-refractivity contribution in [3.05, 3.63) is 23.8 Å². The minimum Gasteiger partial charge on any atom is -0.493 e. The normalized spacial score (nSPS) is 13.1. The van der Waals surface area contributed by atoms with Gasteiger partial charge in [0.1, 0.15) is 6.61 Å². The van der Waals surface area contributed by atoms with Crippen LogP contribution in [0.15, 0.2) is 18.2 Å². The van der Waals surface area contributed by atoms with Gasteiger partial charge in [-0.2, -0.15) is 0 Å². The van der Waals surface area contributed by atoms with Gasteiger partial charge in [0.15, 0.2) is 11.5 Å². The van der Waals surface area contributed by atoms with Crippen molar-refractivity contribution >= 4 is 0 Å². The Labute approximate surface area is 117 Å². The summed E-state index contributed by atoms with van der Waals surface area (Å²) in [6.07, 6.45) is 0.571. The van der Waals surface area contributed by atoms with Crippen LogP contribution >= 0.6 is 0 Å². The number of rotatable bonds is 8. The second kappa shape index (κ2) is 7.40. The van der Waals surface area contributed by atoms with Crippen molar-refractivity contribution in [2.45, 2.75) is 25.3 Å². The summed E-state index contributed by atoms with van der Waals surface area (Å²) in [6.45, 7) is 0.116. The Kier molecular flexibility index (Phi) is 6.16. The lowest BCUT2D eigenvalue weighted by atomic mass is 10.1. The highest BCUT2D eigenvalue weighted by Crippen LogP contribution is 2.28. The van der Waals surface area contributed by atoms with Gasteiger partial charge in [-0.25, -0.2) is 8.78 Å². The van der Waals surface area contributed by atoms with Crippen LogP contribution in [0.3, 0.4) is 0 Å². The second-order valence-electron chi connectivity index (χ2n) is 4.69. The monoisotopic (exact) mass is 289 g/mol. The van der Waals surface area contributed by atoms with E-state index >= 15 is 0 Å². The topological polar surface area (TPSA) is 50.7 Å². The Morgan fingerprint density at radius 2 is 1.90 bits per heavy atom. The average Bonchev–Trinajstić information content (AvgIpc) is 2.45. The summed E-state index contributed by atoms with van der Waals surface area (Å²) in [5.74, 6) is -1.85. The standard InChI is InChI=1S/C14H21F2NO3/c1-10(17-8-14(15,16)9-18)6-11-4-5-12(19-2)13(7-11)20-3/h4-5,7,10,17-18H,6,8-9H2,1-3H3. The minimum atomic E-state index is -3.09. The number of methoxy groups -OCH3 is 2. The van der Waals surface area contributed by atoms with Crippen LogP contribution in [-0.4, -0.2) is 44.4 Å². The molecule has 0 fully saturated rings. The maximum absolute atomic E-state index is 12.9. The molecular formula is C14H21F2NO3. The fourth-order valence-electron chi connectivity index (χ4n) is 1.81. The molecule has 4 nitrogen and oxygen atoms in total. The van der Waals surface area contributed by atoms with Gasteiger partial charge in [-0.1, -0.05) is 6.07 Å². The van der Waals surface area contributed by atoms with Crippen molar-refractivity contribution in [1.82, 2.24) is 5.32 Å². The van der Waals surface area contributed by atoms with E-state index in [1.54, 1.807) is 20.3 Å². The van der Waals surface area contributed by atoms with E-state index in [1.807, 2.05) is 19.1 Å². The number of alkyl halides is 2. The largest absolute Gasteiger partial charge is 0.493 e. The van der Waals surface area contributed by atoms with Gasteiger partial charge in [0.05, 0.1) is 20.8 Å². The molecule has 1 rings (SSSR count). The van der Waals surface area contributed by atoms with Crippen molar-refractivity contribution in [3.63, 3.8) is 0 Å². The summed E-state index contributed by atoms with van der Waals surface area (Å²) in [5, 5.41) is 11.2. The average molecular weight is 289 g/mol. The molecule has 0 aliphatic rings. The summed E-state index contributed by atoms with van der Waals surface area (Å²) in [4.78, 5) is 0. The molecule has 2 N–H and O–H groups in total. The minimum absolute atomic E-state index is 0.148. The van der Waals surface area contributed by atoms with Gasteiger partial charge in [-0.05, 0) is 31.0 Å². The first-order valence-corrected chi connectivity index (χ1v) is 6.35. The molecule has 0 amide bonds. The highest BCUT2D eigenvalue weighted by molar-refractivity contribution is 5.43. The van der Waals surface area contributed by atoms with Crippen molar-refractivity contribution in [3.8, 4) is 11.5 Å². The fourth-order valence-corrected chi connectivity index (χ4v) is 1.81. The second-order valence-corrected chi connectivity index (χ2v) is 4.69. The maximum atomic E-state index is 12.9. The summed E-state index contributed by atoms with van der Waals surface area (Å²) < 4.78 is 36.2. The van der Waals surface area contributed by atoms with E-state index < -0.39 is 19.1 Å². The number of ether oxygens (including phenoxy) is 2. The van der Waals surface area contributed by atoms with E-state index in [2.05, 4.69) is 5.32 Å². The zero-order valence-electron chi connectivity index (χ0n) is 12.0. The smallest absolute Gasteiger partial charge is 0.282 e. The molecule has 0 spiro atoms. The van der Waals surface area contributed by atoms with Crippen LogP contribution in [0, 0.1) is 0 Å². The number of halogens is 2. The SMILES string of the molecule is COc1ccc(CC(C)NCC(F)(F)CO)cc1OC. The molecule has 0 aliphatic carbocycles. The number of nitrogens with one attached hydrogen (secondary N) is 1. The van der Waals surface area contributed by atoms with Crippen LogP contribution in [0.5, 0.6) is 11.5 Å². The molecule has 1 unspecified atom stereocenters. The Hall–Kier alpha value is -1.40. The van der Waals surface area contributed by atoms with Crippen LogP contribution in [0.25, 0.3) is 0 Å². The van der Waals surface area contributed by atoms with Gasteiger partial charge < -0.3 is 19.9 Å². The number of aliphatic hydroxyl groups excluding tert-OH is 1. The van der Waals surface area contributed by atoms with Crippen molar-refractivity contribution in [2.75, 3.05) is 27.4 Å². The van der Waals surface area contributed by atoms with Crippen molar-refractivity contribution < 1.29 is 23.4 Å². The molecule has 0 saturated carbocycles. The third-order valence-corrected chi connectivity index (χ3v) is 2.93. The first-order chi connectivity index (χ1) is 9.41. The molecular weight excluding hydrogens is 268 g/mol. The Bertz CT molecular complexity index is 427. The quantitative estimate of drug-likeness (QED) is 0.767. The van der Waals surface area contributed by atoms with Gasteiger partial charge >= 0.3 is 0 Å². The van der Waals surface area contributed by atoms with E-state index in [-0.39, 0.29) is 6.04 Å². The maximum Gasteiger partial charge on any atom is 0.282 e. The number of hydrogen-bond acceptors (Lipinski definition) is 4. The lowest BCUT2D eigenvalue weighted by molar-refractivity contribution is -0.0490. The molecule has 20 heavy (non-hydrogen) atoms. The highest BCUT2D eigenvalue weighted by atomic mass is 19.3. The predicted molar refractivity (Wildman–Crippen MR) is 72.7 cm³/mol. The van der Waals surface area contributed by atoms with E-state index in [9.17, 15) is 8.78 Å². The van der Waals surface area contributed by atoms with E-state index in [1.165, 1.54) is 0 Å². The lowest BCUT2D eigenvalue weighted by Gasteiger charge is -2.19. The van der Waals surface area contributed by atoms with Crippen molar-refractivity contribution in [2.24, 2.45) is 0 Å².